The summed E-state index contributed by atoms with van der Waals surface area (Å²) in [6.07, 6.45) is 0. The van der Waals surface area contributed by atoms with Crippen LogP contribution in [-0.4, -0.2) is 13.1 Å². The number of ether oxygens (including phenoxy) is 1. The van der Waals surface area contributed by atoms with Gasteiger partial charge in [0, 0.05) is 11.4 Å². The van der Waals surface area contributed by atoms with Crippen molar-refractivity contribution in [2.75, 3.05) is 12.4 Å². The van der Waals surface area contributed by atoms with E-state index in [4.69, 9.17) is 4.74 Å². The summed E-state index contributed by atoms with van der Waals surface area (Å²) in [5, 5.41) is 3.41. The summed E-state index contributed by atoms with van der Waals surface area (Å²) in [5.41, 5.74) is 3.89. The molecule has 0 saturated carbocycles. The lowest BCUT2D eigenvalue weighted by Gasteiger charge is -2.23. The number of methoxy groups -OCH3 is 1. The second-order valence-corrected chi connectivity index (χ2v) is 5.99. The van der Waals surface area contributed by atoms with Gasteiger partial charge in [-0.25, -0.2) is 4.79 Å². The third kappa shape index (κ3) is 3.63. The van der Waals surface area contributed by atoms with Crippen molar-refractivity contribution in [1.29, 1.82) is 0 Å². The number of nitrogens with one attached hydrogen (secondary N) is 1. The van der Waals surface area contributed by atoms with Crippen LogP contribution in [0.2, 0.25) is 0 Å². The molecule has 2 rings (SSSR count). The molecule has 21 heavy (non-hydrogen) atoms. The fraction of sp³-hybridized carbons (Fsp3) is 0.278. The molecule has 0 fully saturated rings. The Morgan fingerprint density at radius 1 is 1.00 bits per heavy atom. The minimum Gasteiger partial charge on any atom is -0.465 e. The van der Waals surface area contributed by atoms with E-state index in [1.807, 2.05) is 24.3 Å². The molecule has 0 amide bonds. The van der Waals surface area contributed by atoms with E-state index in [2.05, 4.69) is 38.2 Å². The van der Waals surface area contributed by atoms with Gasteiger partial charge in [-0.05, 0) is 41.3 Å². The zero-order valence-electron chi connectivity index (χ0n) is 12.9. The average molecular weight is 283 g/mol. The van der Waals surface area contributed by atoms with Crippen molar-refractivity contribution in [2.45, 2.75) is 26.2 Å². The Kier molecular flexibility index (Phi) is 4.32. The lowest BCUT2D eigenvalue weighted by Crippen LogP contribution is -2.13. The van der Waals surface area contributed by atoms with Gasteiger partial charge < -0.3 is 10.1 Å². The average Bonchev–Trinajstić information content (AvgIpc) is 2.47. The molecule has 0 heterocycles. The molecule has 3 heteroatoms. The van der Waals surface area contributed by atoms with Crippen molar-refractivity contribution in [3.05, 3.63) is 59.7 Å². The van der Waals surface area contributed by atoms with Gasteiger partial charge in [-0.15, -0.1) is 0 Å². The van der Waals surface area contributed by atoms with E-state index in [-0.39, 0.29) is 11.4 Å². The highest BCUT2D eigenvalue weighted by atomic mass is 16.5. The van der Waals surface area contributed by atoms with E-state index >= 15 is 0 Å². The first-order chi connectivity index (χ1) is 9.91. The van der Waals surface area contributed by atoms with Gasteiger partial charge in [0.2, 0.25) is 0 Å². The van der Waals surface area contributed by atoms with Gasteiger partial charge in [0.05, 0.1) is 12.7 Å². The largest absolute Gasteiger partial charge is 0.465 e. The van der Waals surface area contributed by atoms with E-state index in [1.54, 1.807) is 12.1 Å². The molecule has 0 aliphatic carbocycles. The summed E-state index contributed by atoms with van der Waals surface area (Å²) < 4.78 is 4.70. The Bertz CT molecular complexity index is 624. The zero-order valence-corrected chi connectivity index (χ0v) is 12.9. The number of carbonyl (C=O) groups is 1. The van der Waals surface area contributed by atoms with Gasteiger partial charge >= 0.3 is 5.97 Å². The second kappa shape index (κ2) is 6.00. The third-order valence-corrected chi connectivity index (χ3v) is 3.32. The first-order valence-corrected chi connectivity index (χ1v) is 6.97. The fourth-order valence-corrected chi connectivity index (χ4v) is 2.21. The molecule has 0 spiro atoms. The summed E-state index contributed by atoms with van der Waals surface area (Å²) in [7, 11) is 1.38. The van der Waals surface area contributed by atoms with Crippen LogP contribution in [0.4, 0.5) is 11.4 Å². The van der Waals surface area contributed by atoms with E-state index in [1.165, 1.54) is 12.7 Å². The van der Waals surface area contributed by atoms with Gasteiger partial charge in [0.1, 0.15) is 0 Å². The Hall–Kier alpha value is -2.29. The summed E-state index contributed by atoms with van der Waals surface area (Å²) >= 11 is 0. The van der Waals surface area contributed by atoms with Crippen LogP contribution in [-0.2, 0) is 10.2 Å². The first kappa shape index (κ1) is 15.1. The van der Waals surface area contributed by atoms with E-state index in [0.29, 0.717) is 5.56 Å². The van der Waals surface area contributed by atoms with Crippen molar-refractivity contribution in [2.24, 2.45) is 0 Å². The van der Waals surface area contributed by atoms with Crippen molar-refractivity contribution in [3.8, 4) is 0 Å². The summed E-state index contributed by atoms with van der Waals surface area (Å²) in [4.78, 5) is 11.4. The molecule has 0 unspecified atom stereocenters. The number of para-hydroxylation sites is 1. The Morgan fingerprint density at radius 2 is 1.62 bits per heavy atom. The van der Waals surface area contributed by atoms with Crippen LogP contribution in [0.25, 0.3) is 0 Å². The highest BCUT2D eigenvalue weighted by Gasteiger charge is 2.17. The molecule has 0 aromatic heterocycles. The van der Waals surface area contributed by atoms with Crippen LogP contribution in [0.5, 0.6) is 0 Å². The van der Waals surface area contributed by atoms with E-state index in [0.717, 1.165) is 11.4 Å². The van der Waals surface area contributed by atoms with Gasteiger partial charge in [-0.2, -0.15) is 0 Å². The smallest absolute Gasteiger partial charge is 0.337 e. The minimum atomic E-state index is -0.323. The van der Waals surface area contributed by atoms with Crippen molar-refractivity contribution in [3.63, 3.8) is 0 Å². The lowest BCUT2D eigenvalue weighted by atomic mass is 9.86. The molecule has 2 aromatic carbocycles. The van der Waals surface area contributed by atoms with Crippen molar-refractivity contribution < 1.29 is 9.53 Å². The Labute approximate surface area is 126 Å². The van der Waals surface area contributed by atoms with Crippen molar-refractivity contribution in [1.82, 2.24) is 0 Å². The number of benzene rings is 2. The maximum Gasteiger partial charge on any atom is 0.337 e. The predicted molar refractivity (Wildman–Crippen MR) is 86.2 cm³/mol. The maximum atomic E-state index is 11.4. The maximum absolute atomic E-state index is 11.4. The number of carbonyl (C=O) groups excluding carboxylic acids is 1. The molecule has 0 aliphatic rings. The molecule has 0 saturated heterocycles. The van der Waals surface area contributed by atoms with Gasteiger partial charge in [0.15, 0.2) is 0 Å². The number of anilines is 2. The molecule has 110 valence electrons. The second-order valence-electron chi connectivity index (χ2n) is 5.99. The molecule has 1 N–H and O–H groups in total. The molecular weight excluding hydrogens is 262 g/mol. The topological polar surface area (TPSA) is 38.3 Å². The van der Waals surface area contributed by atoms with Gasteiger partial charge in [-0.3, -0.25) is 0 Å². The van der Waals surface area contributed by atoms with Crippen molar-refractivity contribution >= 4 is 17.3 Å². The van der Waals surface area contributed by atoms with Gasteiger partial charge in [0.25, 0.3) is 0 Å². The van der Waals surface area contributed by atoms with Crippen LogP contribution < -0.4 is 5.32 Å². The van der Waals surface area contributed by atoms with Gasteiger partial charge in [-0.1, -0.05) is 39.0 Å². The van der Waals surface area contributed by atoms with Crippen LogP contribution in [0.1, 0.15) is 36.7 Å². The number of rotatable bonds is 3. The van der Waals surface area contributed by atoms with Crippen LogP contribution in [0.3, 0.4) is 0 Å². The minimum absolute atomic E-state index is 0.0650. The lowest BCUT2D eigenvalue weighted by molar-refractivity contribution is 0.0601. The summed E-state index contributed by atoms with van der Waals surface area (Å²) in [6, 6.07) is 15.5. The SMILES string of the molecule is COC(=O)c1ccc(Nc2ccccc2C(C)(C)C)cc1. The van der Waals surface area contributed by atoms with Crippen LogP contribution >= 0.6 is 0 Å². The molecule has 2 aromatic rings. The summed E-state index contributed by atoms with van der Waals surface area (Å²) in [6.45, 7) is 6.57. The molecule has 0 radical (unpaired) electrons. The summed E-state index contributed by atoms with van der Waals surface area (Å²) in [5.74, 6) is -0.323. The predicted octanol–water partition coefficient (Wildman–Crippen LogP) is 4.51. The zero-order chi connectivity index (χ0) is 15.5. The standard InChI is InChI=1S/C18H21NO2/c1-18(2,3)15-7-5-6-8-16(15)19-14-11-9-13(10-12-14)17(20)21-4/h5-12,19H,1-4H3. The molecule has 0 atom stereocenters. The number of hydrogen-bond acceptors (Lipinski definition) is 3. The normalized spacial score (nSPS) is 11.0. The Balaban J connectivity index is 2.25. The Morgan fingerprint density at radius 3 is 2.19 bits per heavy atom. The molecule has 0 bridgehead atoms. The fourth-order valence-electron chi connectivity index (χ4n) is 2.21. The first-order valence-electron chi connectivity index (χ1n) is 6.97. The quantitative estimate of drug-likeness (QED) is 0.842. The highest BCUT2D eigenvalue weighted by Crippen LogP contribution is 2.31. The molecule has 0 aliphatic heterocycles. The van der Waals surface area contributed by atoms with E-state index in [9.17, 15) is 4.79 Å². The number of hydrogen-bond donors (Lipinski definition) is 1. The number of esters is 1. The monoisotopic (exact) mass is 283 g/mol. The molecular formula is C18H21NO2. The van der Waals surface area contributed by atoms with Crippen LogP contribution in [0.15, 0.2) is 48.5 Å². The third-order valence-electron chi connectivity index (χ3n) is 3.32. The van der Waals surface area contributed by atoms with Crippen LogP contribution in [0, 0.1) is 0 Å². The highest BCUT2D eigenvalue weighted by molar-refractivity contribution is 5.89. The molecule has 3 nitrogen and oxygen atoms in total. The van der Waals surface area contributed by atoms with E-state index < -0.39 is 0 Å².